The van der Waals surface area contributed by atoms with Crippen LogP contribution < -0.4 is 16.4 Å². The zero-order chi connectivity index (χ0) is 13.5. The summed E-state index contributed by atoms with van der Waals surface area (Å²) in [4.78, 5) is 22.7. The van der Waals surface area contributed by atoms with E-state index in [9.17, 15) is 9.59 Å². The standard InChI is InChI=1S/C11H19N5O2/c1-3-5-6-13-11(18)14-8-7-16(4-2)15-9(8)10(12)17/h7H,3-6H2,1-2H3,(H2,12,17)(H2,13,14,18). The van der Waals surface area contributed by atoms with Crippen LogP contribution in [0.25, 0.3) is 0 Å². The molecule has 0 fully saturated rings. The molecule has 1 aromatic heterocycles. The van der Waals surface area contributed by atoms with Gasteiger partial charge in [-0.3, -0.25) is 9.48 Å². The molecule has 0 unspecified atom stereocenters. The topological polar surface area (TPSA) is 102 Å². The minimum atomic E-state index is -0.661. The van der Waals surface area contributed by atoms with E-state index in [1.54, 1.807) is 10.9 Å². The van der Waals surface area contributed by atoms with Crippen molar-refractivity contribution in [1.82, 2.24) is 15.1 Å². The van der Waals surface area contributed by atoms with Gasteiger partial charge in [0.25, 0.3) is 5.91 Å². The lowest BCUT2D eigenvalue weighted by atomic mass is 10.3. The number of rotatable bonds is 6. The Kier molecular flexibility index (Phi) is 5.16. The van der Waals surface area contributed by atoms with Crippen LogP contribution in [0, 0.1) is 0 Å². The second-order valence-corrected chi connectivity index (χ2v) is 3.85. The molecule has 0 atom stereocenters. The lowest BCUT2D eigenvalue weighted by Crippen LogP contribution is -2.30. The van der Waals surface area contributed by atoms with Crippen molar-refractivity contribution < 1.29 is 9.59 Å². The van der Waals surface area contributed by atoms with E-state index in [2.05, 4.69) is 15.7 Å². The maximum absolute atomic E-state index is 11.5. The summed E-state index contributed by atoms with van der Waals surface area (Å²) in [5.74, 6) is -0.661. The van der Waals surface area contributed by atoms with Gasteiger partial charge in [-0.2, -0.15) is 5.10 Å². The molecule has 1 heterocycles. The van der Waals surface area contributed by atoms with Crippen molar-refractivity contribution >= 4 is 17.6 Å². The number of carbonyl (C=O) groups excluding carboxylic acids is 2. The molecule has 0 spiro atoms. The fourth-order valence-electron chi connectivity index (χ4n) is 1.40. The number of nitrogens with one attached hydrogen (secondary N) is 2. The van der Waals surface area contributed by atoms with Gasteiger partial charge in [-0.15, -0.1) is 0 Å². The van der Waals surface area contributed by atoms with E-state index in [4.69, 9.17) is 5.73 Å². The van der Waals surface area contributed by atoms with Crippen LogP contribution in [0.5, 0.6) is 0 Å². The van der Waals surface area contributed by atoms with E-state index in [1.165, 1.54) is 0 Å². The second-order valence-electron chi connectivity index (χ2n) is 3.85. The summed E-state index contributed by atoms with van der Waals surface area (Å²) >= 11 is 0. The van der Waals surface area contributed by atoms with Gasteiger partial charge in [0.1, 0.15) is 0 Å². The molecule has 18 heavy (non-hydrogen) atoms. The van der Waals surface area contributed by atoms with Gasteiger partial charge in [-0.05, 0) is 13.3 Å². The quantitative estimate of drug-likeness (QED) is 0.657. The maximum atomic E-state index is 11.5. The first-order valence-electron chi connectivity index (χ1n) is 6.00. The summed E-state index contributed by atoms with van der Waals surface area (Å²) in [5.41, 5.74) is 5.60. The minimum absolute atomic E-state index is 0.0718. The van der Waals surface area contributed by atoms with Crippen molar-refractivity contribution in [2.45, 2.75) is 33.2 Å². The molecule has 7 heteroatoms. The number of nitrogens with zero attached hydrogens (tertiary/aromatic N) is 2. The van der Waals surface area contributed by atoms with Crippen LogP contribution in [0.2, 0.25) is 0 Å². The maximum Gasteiger partial charge on any atom is 0.319 e. The third-order valence-corrected chi connectivity index (χ3v) is 2.38. The van der Waals surface area contributed by atoms with Crippen LogP contribution in [-0.2, 0) is 6.54 Å². The van der Waals surface area contributed by atoms with Crippen LogP contribution >= 0.6 is 0 Å². The Morgan fingerprint density at radius 1 is 1.44 bits per heavy atom. The summed E-state index contributed by atoms with van der Waals surface area (Å²) < 4.78 is 1.54. The Bertz CT molecular complexity index is 427. The van der Waals surface area contributed by atoms with Crippen molar-refractivity contribution in [3.05, 3.63) is 11.9 Å². The minimum Gasteiger partial charge on any atom is -0.364 e. The van der Waals surface area contributed by atoms with Crippen LogP contribution in [-0.4, -0.2) is 28.3 Å². The van der Waals surface area contributed by atoms with Gasteiger partial charge in [0.2, 0.25) is 0 Å². The van der Waals surface area contributed by atoms with Crippen molar-refractivity contribution in [1.29, 1.82) is 0 Å². The Hall–Kier alpha value is -2.05. The van der Waals surface area contributed by atoms with E-state index in [1.807, 2.05) is 13.8 Å². The third-order valence-electron chi connectivity index (χ3n) is 2.38. The molecule has 4 N–H and O–H groups in total. The highest BCUT2D eigenvalue weighted by molar-refractivity contribution is 6.00. The van der Waals surface area contributed by atoms with E-state index >= 15 is 0 Å². The van der Waals surface area contributed by atoms with Gasteiger partial charge in [0.05, 0.1) is 5.69 Å². The average molecular weight is 253 g/mol. The Morgan fingerprint density at radius 3 is 2.72 bits per heavy atom. The predicted molar refractivity (Wildman–Crippen MR) is 68.3 cm³/mol. The molecule has 0 radical (unpaired) electrons. The highest BCUT2D eigenvalue weighted by Gasteiger charge is 2.15. The summed E-state index contributed by atoms with van der Waals surface area (Å²) in [6.45, 7) is 5.11. The predicted octanol–water partition coefficient (Wildman–Crippen LogP) is 0.923. The molecule has 0 saturated heterocycles. The molecular weight excluding hydrogens is 234 g/mol. The first kappa shape index (κ1) is 14.0. The average Bonchev–Trinajstić information content (AvgIpc) is 2.72. The normalized spacial score (nSPS) is 10.1. The van der Waals surface area contributed by atoms with Gasteiger partial charge in [0, 0.05) is 19.3 Å². The summed E-state index contributed by atoms with van der Waals surface area (Å²) in [7, 11) is 0. The monoisotopic (exact) mass is 253 g/mol. The van der Waals surface area contributed by atoms with Crippen molar-refractivity contribution in [2.24, 2.45) is 5.73 Å². The van der Waals surface area contributed by atoms with E-state index in [-0.39, 0.29) is 11.7 Å². The summed E-state index contributed by atoms with van der Waals surface area (Å²) in [5, 5.41) is 9.23. The molecule has 0 aliphatic carbocycles. The smallest absolute Gasteiger partial charge is 0.319 e. The van der Waals surface area contributed by atoms with Gasteiger partial charge in [0.15, 0.2) is 5.69 Å². The number of nitrogens with two attached hydrogens (primary N) is 1. The second kappa shape index (κ2) is 6.63. The summed E-state index contributed by atoms with van der Waals surface area (Å²) in [6, 6.07) is -0.360. The number of unbranched alkanes of at least 4 members (excludes halogenated alkanes) is 1. The van der Waals surface area contributed by atoms with Crippen LogP contribution in [0.3, 0.4) is 0 Å². The SMILES string of the molecule is CCCCNC(=O)Nc1cn(CC)nc1C(N)=O. The number of hydrogen-bond acceptors (Lipinski definition) is 3. The number of hydrogen-bond donors (Lipinski definition) is 3. The van der Waals surface area contributed by atoms with Crippen molar-refractivity contribution in [2.75, 3.05) is 11.9 Å². The largest absolute Gasteiger partial charge is 0.364 e. The first-order chi connectivity index (χ1) is 8.58. The molecule has 0 saturated carbocycles. The van der Waals surface area contributed by atoms with E-state index < -0.39 is 5.91 Å². The molecular formula is C11H19N5O2. The number of carbonyl (C=O) groups is 2. The molecule has 1 aromatic rings. The first-order valence-corrected chi connectivity index (χ1v) is 6.00. The number of urea groups is 1. The highest BCUT2D eigenvalue weighted by atomic mass is 16.2. The van der Waals surface area contributed by atoms with Gasteiger partial charge in [-0.25, -0.2) is 4.79 Å². The van der Waals surface area contributed by atoms with Gasteiger partial charge in [-0.1, -0.05) is 13.3 Å². The molecule has 3 amide bonds. The number of aryl methyl sites for hydroxylation is 1. The zero-order valence-corrected chi connectivity index (χ0v) is 10.7. The van der Waals surface area contributed by atoms with E-state index in [0.717, 1.165) is 12.8 Å². The zero-order valence-electron chi connectivity index (χ0n) is 10.7. The summed E-state index contributed by atoms with van der Waals surface area (Å²) in [6.07, 6.45) is 3.49. The van der Waals surface area contributed by atoms with Crippen LogP contribution in [0.1, 0.15) is 37.2 Å². The highest BCUT2D eigenvalue weighted by Crippen LogP contribution is 2.12. The van der Waals surface area contributed by atoms with Crippen LogP contribution in [0.15, 0.2) is 6.20 Å². The number of aromatic nitrogens is 2. The molecule has 0 aliphatic rings. The molecule has 100 valence electrons. The Morgan fingerprint density at radius 2 is 2.17 bits per heavy atom. The lowest BCUT2D eigenvalue weighted by Gasteiger charge is -2.05. The number of primary amides is 1. The Balaban J connectivity index is 2.67. The third kappa shape index (κ3) is 3.76. The Labute approximate surface area is 106 Å². The van der Waals surface area contributed by atoms with Gasteiger partial charge >= 0.3 is 6.03 Å². The van der Waals surface area contributed by atoms with E-state index in [0.29, 0.717) is 18.8 Å². The molecule has 0 aromatic carbocycles. The molecule has 0 aliphatic heterocycles. The van der Waals surface area contributed by atoms with Crippen molar-refractivity contribution in [3.8, 4) is 0 Å². The number of amides is 3. The van der Waals surface area contributed by atoms with Crippen LogP contribution in [0.4, 0.5) is 10.5 Å². The molecule has 1 rings (SSSR count). The lowest BCUT2D eigenvalue weighted by molar-refractivity contribution is 0.0995. The van der Waals surface area contributed by atoms with Gasteiger partial charge < -0.3 is 16.4 Å². The molecule has 7 nitrogen and oxygen atoms in total. The fraction of sp³-hybridized carbons (Fsp3) is 0.545. The fourth-order valence-corrected chi connectivity index (χ4v) is 1.40. The number of anilines is 1. The van der Waals surface area contributed by atoms with Crippen molar-refractivity contribution in [3.63, 3.8) is 0 Å². The molecule has 0 bridgehead atoms.